The number of nitrogens with zero attached hydrogens (tertiary/aromatic N) is 2. The van der Waals surface area contributed by atoms with E-state index in [1.165, 1.54) is 44.5 Å². The largest absolute Gasteiger partial charge is 0.468 e. The van der Waals surface area contributed by atoms with E-state index >= 15 is 0 Å². The van der Waals surface area contributed by atoms with Crippen LogP contribution in [0.1, 0.15) is 219 Å². The second-order valence-corrected chi connectivity index (χ2v) is 29.7. The van der Waals surface area contributed by atoms with Gasteiger partial charge in [-0.3, -0.25) is 0 Å². The van der Waals surface area contributed by atoms with E-state index in [4.69, 9.17) is 8.53 Å². The predicted octanol–water partition coefficient (Wildman–Crippen LogP) is 17.9. The zero-order chi connectivity index (χ0) is 57.5. The van der Waals surface area contributed by atoms with E-state index in [-0.39, 0.29) is 85.8 Å². The minimum Gasteiger partial charge on any atom is -0.468 e. The zero-order valence-corrected chi connectivity index (χ0v) is 48.4. The van der Waals surface area contributed by atoms with Gasteiger partial charge in [0.05, 0.1) is 23.9 Å². The maximum Gasteiger partial charge on any atom is 0.297 e. The molecule has 0 unspecified atom stereocenters. The monoisotopic (exact) mass is 996 g/mol. The summed E-state index contributed by atoms with van der Waals surface area (Å²) >= 11 is 0. The van der Waals surface area contributed by atoms with Crippen LogP contribution in [0.25, 0.3) is 22.1 Å². The molecule has 0 saturated heterocycles. The van der Waals surface area contributed by atoms with Crippen molar-refractivity contribution in [2.45, 2.75) is 212 Å². The van der Waals surface area contributed by atoms with Crippen LogP contribution in [0, 0.1) is 6.92 Å². The van der Waals surface area contributed by atoms with Crippen molar-refractivity contribution in [3.05, 3.63) is 147 Å². The molecule has 7 aromatic rings. The number of hydrogen-bond donors (Lipinski definition) is 0. The molecule has 0 fully saturated rings. The van der Waals surface area contributed by atoms with E-state index < -0.39 is 0 Å². The molecule has 6 aliphatic rings. The molecule has 386 valence electrons. The number of furan rings is 1. The van der Waals surface area contributed by atoms with Crippen molar-refractivity contribution in [3.8, 4) is 11.1 Å². The first-order chi connectivity index (χ1) is 37.1. The van der Waals surface area contributed by atoms with Gasteiger partial charge in [0, 0.05) is 33.7 Å². The van der Waals surface area contributed by atoms with Crippen molar-refractivity contribution in [2.75, 3.05) is 9.80 Å². The minimum absolute atomic E-state index is 0.0256. The smallest absolute Gasteiger partial charge is 0.297 e. The summed E-state index contributed by atoms with van der Waals surface area (Å²) in [4.78, 5) is 5.04. The third-order valence-corrected chi connectivity index (χ3v) is 20.8. The van der Waals surface area contributed by atoms with Gasteiger partial charge in [0.2, 0.25) is 0 Å². The standard InChI is InChI=1S/C71H83BN2O/c1-42-33-58-61-59(34-42)74(56-39-52-49(66(6,7)27-30-69(52,12)13)36-45(56)43-21-19-18-20-22-43)57-40-53-51(68(10,11)29-31-70(53,14)15)38-55(57)72(61)63-62(46-37-50-54(41-60(46)75-63)71(16,17)32-28-67(50,8)9)73(58)44-23-24-47-48(35-44)65(4,5)26-25-64(47,2)3/h18-24,33-41H,25-32H2,1-17H3/i18D,19D,20D,21D,22D. The average molecular weight is 996 g/mol. The Hall–Kier alpha value is -5.48. The molecule has 6 aromatic carbocycles. The molecular formula is C71H83BN2O. The van der Waals surface area contributed by atoms with Crippen molar-refractivity contribution in [3.63, 3.8) is 0 Å². The molecule has 0 spiro atoms. The molecule has 0 amide bonds. The summed E-state index contributed by atoms with van der Waals surface area (Å²) in [6, 6.07) is 25.3. The molecule has 4 heteroatoms. The molecule has 0 N–H and O–H groups in total. The average Bonchev–Trinajstić information content (AvgIpc) is 3.76. The Bertz CT molecular complexity index is 3870. The van der Waals surface area contributed by atoms with Gasteiger partial charge in [0.25, 0.3) is 6.71 Å². The maximum atomic E-state index is 9.73. The van der Waals surface area contributed by atoms with Gasteiger partial charge >= 0.3 is 0 Å². The van der Waals surface area contributed by atoms with Crippen molar-refractivity contribution in [1.29, 1.82) is 0 Å². The lowest BCUT2D eigenvalue weighted by molar-refractivity contribution is 0.332. The van der Waals surface area contributed by atoms with Crippen LogP contribution in [0.15, 0.2) is 101 Å². The molecule has 0 atom stereocenters. The Morgan fingerprint density at radius 2 is 0.880 bits per heavy atom. The summed E-state index contributed by atoms with van der Waals surface area (Å²) in [6.45, 7) is 40.2. The fourth-order valence-electron chi connectivity index (χ4n) is 15.4. The van der Waals surface area contributed by atoms with Crippen LogP contribution in [-0.4, -0.2) is 6.71 Å². The Morgan fingerprint density at radius 1 is 0.440 bits per heavy atom. The van der Waals surface area contributed by atoms with Crippen LogP contribution in [0.3, 0.4) is 0 Å². The van der Waals surface area contributed by atoms with E-state index in [9.17, 15) is 2.74 Å². The van der Waals surface area contributed by atoms with Crippen molar-refractivity contribution < 1.29 is 11.3 Å². The molecular weight excluding hydrogens is 908 g/mol. The minimum atomic E-state index is -0.385. The molecule has 13 rings (SSSR count). The van der Waals surface area contributed by atoms with Crippen molar-refractivity contribution in [1.82, 2.24) is 0 Å². The highest BCUT2D eigenvalue weighted by Gasteiger charge is 2.51. The number of rotatable bonds is 3. The molecule has 3 heterocycles. The third kappa shape index (κ3) is 7.04. The van der Waals surface area contributed by atoms with E-state index in [1.54, 1.807) is 0 Å². The normalized spacial score (nSPS) is 22.9. The van der Waals surface area contributed by atoms with Crippen LogP contribution in [0.5, 0.6) is 0 Å². The molecule has 0 saturated carbocycles. The van der Waals surface area contributed by atoms with Gasteiger partial charge in [-0.1, -0.05) is 153 Å². The Kier molecular flexibility index (Phi) is 8.94. The van der Waals surface area contributed by atoms with Gasteiger partial charge in [-0.05, 0) is 223 Å². The molecule has 4 aliphatic carbocycles. The number of benzene rings is 6. The van der Waals surface area contributed by atoms with Crippen LogP contribution in [0.2, 0.25) is 0 Å². The predicted molar refractivity (Wildman–Crippen MR) is 322 cm³/mol. The highest BCUT2D eigenvalue weighted by molar-refractivity contribution is 7.00. The summed E-state index contributed by atoms with van der Waals surface area (Å²) in [5.74, 6) is 0. The third-order valence-electron chi connectivity index (χ3n) is 20.8. The number of aryl methyl sites for hydroxylation is 1. The fourth-order valence-corrected chi connectivity index (χ4v) is 15.4. The van der Waals surface area contributed by atoms with Crippen LogP contribution >= 0.6 is 0 Å². The summed E-state index contributed by atoms with van der Waals surface area (Å²) in [6.07, 6.45) is 8.50. The number of anilines is 6. The van der Waals surface area contributed by atoms with Crippen molar-refractivity contribution >= 4 is 68.4 Å². The van der Waals surface area contributed by atoms with Gasteiger partial charge < -0.3 is 14.2 Å². The Labute approximate surface area is 458 Å². The molecule has 75 heavy (non-hydrogen) atoms. The topological polar surface area (TPSA) is 19.6 Å². The van der Waals surface area contributed by atoms with Crippen molar-refractivity contribution in [2.24, 2.45) is 0 Å². The van der Waals surface area contributed by atoms with Gasteiger partial charge in [0.1, 0.15) is 5.58 Å². The lowest BCUT2D eigenvalue weighted by Crippen LogP contribution is -2.61. The zero-order valence-electron chi connectivity index (χ0n) is 53.4. The van der Waals surface area contributed by atoms with Crippen LogP contribution in [0.4, 0.5) is 34.1 Å². The summed E-state index contributed by atoms with van der Waals surface area (Å²) in [7, 11) is 0. The van der Waals surface area contributed by atoms with Crippen LogP contribution < -0.4 is 26.4 Å². The van der Waals surface area contributed by atoms with E-state index in [0.717, 1.165) is 119 Å². The van der Waals surface area contributed by atoms with E-state index in [0.29, 0.717) is 5.56 Å². The first kappa shape index (κ1) is 43.6. The lowest BCUT2D eigenvalue weighted by Gasteiger charge is -2.48. The molecule has 0 bridgehead atoms. The summed E-state index contributed by atoms with van der Waals surface area (Å²) < 4.78 is 54.3. The number of hydrogen-bond acceptors (Lipinski definition) is 3. The van der Waals surface area contributed by atoms with Gasteiger partial charge in [0.15, 0.2) is 0 Å². The fraction of sp³-hybridized carbons (Fsp3) is 0.465. The molecule has 1 aromatic heterocycles. The number of fused-ring (bicyclic) bond motifs is 10. The second-order valence-electron chi connectivity index (χ2n) is 29.7. The first-order valence-corrected chi connectivity index (χ1v) is 28.6. The Balaban J connectivity index is 1.21. The highest BCUT2D eigenvalue weighted by Crippen LogP contribution is 2.57. The SMILES string of the molecule is [2H]c1c([2H])c([2H])c(-c2cc3c(cc2N2c4cc5c(cc4B4c6oc7cc8c(cc7c6N(c6ccc7c(c6)C(C)(C)CCC7(C)C)c6cc(C)cc2c64)C(C)(C)CCC8(C)C)C(C)(C)CCC5(C)C)C(C)(C)CCC3(C)C)c([2H])c1[2H]. The van der Waals surface area contributed by atoms with Gasteiger partial charge in [-0.25, -0.2) is 0 Å². The van der Waals surface area contributed by atoms with Gasteiger partial charge in [-0.2, -0.15) is 0 Å². The summed E-state index contributed by atoms with van der Waals surface area (Å²) in [5.41, 5.74) is 22.3. The Morgan fingerprint density at radius 3 is 1.43 bits per heavy atom. The molecule has 0 radical (unpaired) electrons. The van der Waals surface area contributed by atoms with Crippen LogP contribution in [-0.2, 0) is 43.3 Å². The molecule has 2 aliphatic heterocycles. The molecule has 3 nitrogen and oxygen atoms in total. The second kappa shape index (κ2) is 15.4. The maximum absolute atomic E-state index is 9.73. The first-order valence-electron chi connectivity index (χ1n) is 31.1. The highest BCUT2D eigenvalue weighted by atomic mass is 16.3. The quantitative estimate of drug-likeness (QED) is 0.165. The summed E-state index contributed by atoms with van der Waals surface area (Å²) in [5, 5.41) is 1.14. The lowest BCUT2D eigenvalue weighted by atomic mass is 9.35. The van der Waals surface area contributed by atoms with Gasteiger partial charge in [-0.15, -0.1) is 0 Å². The van der Waals surface area contributed by atoms with E-state index in [1.807, 2.05) is 0 Å². The van der Waals surface area contributed by atoms with E-state index in [2.05, 4.69) is 194 Å².